The summed E-state index contributed by atoms with van der Waals surface area (Å²) in [4.78, 5) is 25.2. The molecule has 1 aromatic heterocycles. The van der Waals surface area contributed by atoms with Gasteiger partial charge in [0.1, 0.15) is 11.3 Å². The Hall–Kier alpha value is -3.81. The molecule has 0 aliphatic carbocycles. The highest BCUT2D eigenvalue weighted by Crippen LogP contribution is 2.35. The molecular weight excluding hydrogens is 376 g/mol. The lowest BCUT2D eigenvalue weighted by molar-refractivity contribution is 0.0549. The van der Waals surface area contributed by atoms with Gasteiger partial charge in [0.2, 0.25) is 0 Å². The van der Waals surface area contributed by atoms with Crippen molar-refractivity contribution in [2.24, 2.45) is 0 Å². The van der Waals surface area contributed by atoms with Gasteiger partial charge in [-0.3, -0.25) is 0 Å². The van der Waals surface area contributed by atoms with Crippen LogP contribution in [-0.4, -0.2) is 50.2 Å². The molecule has 0 amide bonds. The van der Waals surface area contributed by atoms with Crippen molar-refractivity contribution in [3.8, 4) is 28.4 Å². The minimum atomic E-state index is -0.714. The van der Waals surface area contributed by atoms with E-state index in [2.05, 4.69) is 5.10 Å². The summed E-state index contributed by atoms with van der Waals surface area (Å²) in [5, 5.41) is 4.54. The summed E-state index contributed by atoms with van der Waals surface area (Å²) in [5.41, 5.74) is 1.35. The predicted molar refractivity (Wildman–Crippen MR) is 105 cm³/mol. The Labute approximate surface area is 167 Å². The van der Waals surface area contributed by atoms with Gasteiger partial charge < -0.3 is 18.9 Å². The van der Waals surface area contributed by atoms with E-state index in [1.807, 2.05) is 6.07 Å². The third-order valence-corrected chi connectivity index (χ3v) is 4.31. The highest BCUT2D eigenvalue weighted by Gasteiger charge is 2.31. The molecule has 0 spiro atoms. The summed E-state index contributed by atoms with van der Waals surface area (Å²) in [6.07, 6.45) is 0. The summed E-state index contributed by atoms with van der Waals surface area (Å²) in [7, 11) is 5.51. The van der Waals surface area contributed by atoms with E-state index in [9.17, 15) is 9.59 Å². The fourth-order valence-corrected chi connectivity index (χ4v) is 2.94. The molecule has 1 heterocycles. The van der Waals surface area contributed by atoms with Gasteiger partial charge in [-0.15, -0.1) is 0 Å². The normalized spacial score (nSPS) is 10.3. The van der Waals surface area contributed by atoms with E-state index in [1.54, 1.807) is 42.5 Å². The Kier molecular flexibility index (Phi) is 5.82. The van der Waals surface area contributed by atoms with Crippen LogP contribution in [0.3, 0.4) is 0 Å². The molecule has 8 heteroatoms. The molecule has 0 N–H and O–H groups in total. The summed E-state index contributed by atoms with van der Waals surface area (Å²) in [6.45, 7) is 0. The summed E-state index contributed by atoms with van der Waals surface area (Å²) in [5.74, 6) is -0.452. The van der Waals surface area contributed by atoms with Crippen LogP contribution < -0.4 is 9.47 Å². The van der Waals surface area contributed by atoms with Crippen LogP contribution in [0, 0.1) is 0 Å². The molecule has 0 saturated carbocycles. The topological polar surface area (TPSA) is 88.9 Å². The number of rotatable bonds is 6. The van der Waals surface area contributed by atoms with Gasteiger partial charge in [-0.2, -0.15) is 5.10 Å². The van der Waals surface area contributed by atoms with Gasteiger partial charge in [-0.1, -0.05) is 18.2 Å². The summed E-state index contributed by atoms with van der Waals surface area (Å²) >= 11 is 0. The molecular formula is C21H20N2O6. The van der Waals surface area contributed by atoms with Gasteiger partial charge in [0.05, 0.1) is 34.1 Å². The van der Waals surface area contributed by atoms with Crippen LogP contribution in [0.4, 0.5) is 0 Å². The van der Waals surface area contributed by atoms with Crippen LogP contribution in [0.25, 0.3) is 16.9 Å². The van der Waals surface area contributed by atoms with Gasteiger partial charge in [0.25, 0.3) is 0 Å². The van der Waals surface area contributed by atoms with Gasteiger partial charge in [0.15, 0.2) is 17.2 Å². The monoisotopic (exact) mass is 396 g/mol. The minimum Gasteiger partial charge on any atom is -0.493 e. The average Bonchev–Trinajstić information content (AvgIpc) is 3.18. The van der Waals surface area contributed by atoms with E-state index < -0.39 is 11.9 Å². The first kappa shape index (κ1) is 19.9. The van der Waals surface area contributed by atoms with Crippen molar-refractivity contribution in [1.29, 1.82) is 0 Å². The lowest BCUT2D eigenvalue weighted by Crippen LogP contribution is -2.15. The van der Waals surface area contributed by atoms with Crippen molar-refractivity contribution >= 4 is 11.9 Å². The molecule has 0 atom stereocenters. The number of carbonyl (C=O) groups excluding carboxylic acids is 2. The summed E-state index contributed by atoms with van der Waals surface area (Å²) in [6, 6.07) is 14.0. The zero-order valence-corrected chi connectivity index (χ0v) is 16.5. The number of ether oxygens (including phenoxy) is 4. The smallest absolute Gasteiger partial charge is 0.357 e. The maximum absolute atomic E-state index is 12.6. The van der Waals surface area contributed by atoms with E-state index in [4.69, 9.17) is 18.9 Å². The zero-order chi connectivity index (χ0) is 21.0. The van der Waals surface area contributed by atoms with Crippen molar-refractivity contribution < 1.29 is 28.5 Å². The first-order valence-corrected chi connectivity index (χ1v) is 8.63. The molecule has 3 rings (SSSR count). The molecule has 0 fully saturated rings. The van der Waals surface area contributed by atoms with Gasteiger partial charge in [-0.05, 0) is 30.3 Å². The number of hydrogen-bond acceptors (Lipinski definition) is 7. The molecule has 29 heavy (non-hydrogen) atoms. The Balaban J connectivity index is 2.33. The Morgan fingerprint density at radius 1 is 0.828 bits per heavy atom. The standard InChI is InChI=1S/C21H20N2O6/c1-26-15-11-10-13(12-16(15)27-2)18-17(20(24)28-3)19(21(25)29-4)23(22-18)14-8-6-5-7-9-14/h5-12H,1-4H3. The molecule has 3 aromatic rings. The quantitative estimate of drug-likeness (QED) is 0.592. The number of nitrogens with zero attached hydrogens (tertiary/aromatic N) is 2. The number of hydrogen-bond donors (Lipinski definition) is 0. The molecule has 8 nitrogen and oxygen atoms in total. The number of methoxy groups -OCH3 is 4. The van der Waals surface area contributed by atoms with Crippen molar-refractivity contribution in [2.45, 2.75) is 0 Å². The Bertz CT molecular complexity index is 1040. The molecule has 2 aromatic carbocycles. The molecule has 0 aliphatic rings. The van der Waals surface area contributed by atoms with E-state index in [0.29, 0.717) is 22.7 Å². The number of esters is 2. The maximum atomic E-state index is 12.6. The van der Waals surface area contributed by atoms with Crippen LogP contribution in [0.5, 0.6) is 11.5 Å². The number of para-hydroxylation sites is 1. The van der Waals surface area contributed by atoms with Crippen molar-refractivity contribution in [3.05, 3.63) is 59.8 Å². The van der Waals surface area contributed by atoms with Crippen molar-refractivity contribution in [1.82, 2.24) is 9.78 Å². The number of benzene rings is 2. The lowest BCUT2D eigenvalue weighted by atomic mass is 10.0. The Morgan fingerprint density at radius 3 is 2.07 bits per heavy atom. The second-order valence-electron chi connectivity index (χ2n) is 5.87. The van der Waals surface area contributed by atoms with Gasteiger partial charge in [0, 0.05) is 5.56 Å². The molecule has 0 radical (unpaired) electrons. The van der Waals surface area contributed by atoms with Crippen molar-refractivity contribution in [2.75, 3.05) is 28.4 Å². The van der Waals surface area contributed by atoms with Gasteiger partial charge in [-0.25, -0.2) is 14.3 Å². The van der Waals surface area contributed by atoms with Crippen LogP contribution in [0.1, 0.15) is 20.8 Å². The van der Waals surface area contributed by atoms with Crippen molar-refractivity contribution in [3.63, 3.8) is 0 Å². The average molecular weight is 396 g/mol. The third-order valence-electron chi connectivity index (χ3n) is 4.31. The third kappa shape index (κ3) is 3.64. The zero-order valence-electron chi connectivity index (χ0n) is 16.5. The highest BCUT2D eigenvalue weighted by atomic mass is 16.5. The van der Waals surface area contributed by atoms with Crippen LogP contribution in [-0.2, 0) is 9.47 Å². The molecule has 0 bridgehead atoms. The minimum absolute atomic E-state index is 0.00424. The first-order valence-electron chi connectivity index (χ1n) is 8.63. The van der Waals surface area contributed by atoms with E-state index >= 15 is 0 Å². The molecule has 0 unspecified atom stereocenters. The Morgan fingerprint density at radius 2 is 1.48 bits per heavy atom. The second-order valence-corrected chi connectivity index (χ2v) is 5.87. The maximum Gasteiger partial charge on any atom is 0.357 e. The lowest BCUT2D eigenvalue weighted by Gasteiger charge is -2.09. The van der Waals surface area contributed by atoms with E-state index in [0.717, 1.165) is 0 Å². The first-order chi connectivity index (χ1) is 14.0. The summed E-state index contributed by atoms with van der Waals surface area (Å²) < 4.78 is 21.8. The van der Waals surface area contributed by atoms with Crippen LogP contribution in [0.2, 0.25) is 0 Å². The second kappa shape index (κ2) is 8.47. The van der Waals surface area contributed by atoms with Crippen LogP contribution in [0.15, 0.2) is 48.5 Å². The van der Waals surface area contributed by atoms with E-state index in [-0.39, 0.29) is 17.0 Å². The highest BCUT2D eigenvalue weighted by molar-refractivity contribution is 6.06. The number of carbonyl (C=O) groups is 2. The fraction of sp³-hybridized carbons (Fsp3) is 0.190. The molecule has 0 saturated heterocycles. The van der Waals surface area contributed by atoms with Gasteiger partial charge >= 0.3 is 11.9 Å². The fourth-order valence-electron chi connectivity index (χ4n) is 2.94. The SMILES string of the molecule is COC(=O)c1c(-c2ccc(OC)c(OC)c2)nn(-c2ccccc2)c1C(=O)OC. The van der Waals surface area contributed by atoms with E-state index in [1.165, 1.54) is 33.1 Å². The molecule has 150 valence electrons. The molecule has 0 aliphatic heterocycles. The largest absolute Gasteiger partial charge is 0.493 e. The number of aromatic nitrogens is 2. The predicted octanol–water partition coefficient (Wildman–Crippen LogP) is 3.13. The van der Waals surface area contributed by atoms with Crippen LogP contribution >= 0.6 is 0 Å².